The van der Waals surface area contributed by atoms with Gasteiger partial charge in [0.15, 0.2) is 0 Å². The molecular formula is C11H16N2O5. The molecule has 0 amide bonds. The van der Waals surface area contributed by atoms with Crippen LogP contribution in [0.25, 0.3) is 0 Å². The largest absolute Gasteiger partial charge is 0.390 e. The molecule has 1 aromatic heterocycles. The van der Waals surface area contributed by atoms with E-state index in [-0.39, 0.29) is 6.61 Å². The molecule has 0 spiro atoms. The zero-order valence-electron chi connectivity index (χ0n) is 10.3. The molecule has 2 heterocycles. The number of aryl methyl sites for hydroxylation is 1. The van der Waals surface area contributed by atoms with Gasteiger partial charge in [-0.05, 0) is 6.92 Å². The lowest BCUT2D eigenvalue weighted by Gasteiger charge is -2.15. The maximum Gasteiger partial charge on any atom is 0.330 e. The van der Waals surface area contributed by atoms with Gasteiger partial charge in [0.2, 0.25) is 0 Å². The number of rotatable bonds is 3. The Morgan fingerprint density at radius 2 is 2.39 bits per heavy atom. The molecule has 1 aromatic rings. The van der Waals surface area contributed by atoms with E-state index < -0.39 is 29.7 Å². The molecule has 7 heteroatoms. The highest BCUT2D eigenvalue weighted by Gasteiger charge is 2.35. The third kappa shape index (κ3) is 2.38. The van der Waals surface area contributed by atoms with Gasteiger partial charge in [0.25, 0.3) is 5.56 Å². The Morgan fingerprint density at radius 1 is 1.67 bits per heavy atom. The van der Waals surface area contributed by atoms with Crippen molar-refractivity contribution in [2.45, 2.75) is 31.8 Å². The Labute approximate surface area is 103 Å². The van der Waals surface area contributed by atoms with Crippen LogP contribution in [0.5, 0.6) is 0 Å². The molecule has 0 saturated carbocycles. The molecule has 1 aliphatic rings. The summed E-state index contributed by atoms with van der Waals surface area (Å²) in [5.41, 5.74) is -0.535. The molecule has 7 nitrogen and oxygen atoms in total. The summed E-state index contributed by atoms with van der Waals surface area (Å²) in [7, 11) is 1.51. The number of ether oxygens (including phenoxy) is 2. The van der Waals surface area contributed by atoms with Crippen molar-refractivity contribution < 1.29 is 14.6 Å². The summed E-state index contributed by atoms with van der Waals surface area (Å²) < 4.78 is 11.8. The van der Waals surface area contributed by atoms with Gasteiger partial charge in [-0.25, -0.2) is 4.79 Å². The van der Waals surface area contributed by atoms with Gasteiger partial charge in [0, 0.05) is 25.3 Å². The van der Waals surface area contributed by atoms with Crippen LogP contribution >= 0.6 is 0 Å². The van der Waals surface area contributed by atoms with E-state index in [0.29, 0.717) is 12.0 Å². The van der Waals surface area contributed by atoms with Crippen LogP contribution in [0.15, 0.2) is 15.8 Å². The van der Waals surface area contributed by atoms with Crippen molar-refractivity contribution in [1.29, 1.82) is 0 Å². The molecule has 1 fully saturated rings. The standard InChI is InChI=1S/C11H16N2O5/c1-6-4-13(11(16)12-10(6)15)9-3-7(14)8(18-9)5-17-2/h4,7-9,14H,3,5H2,1-2H3,(H,12,15,16)/t7-,8+,9+/m0/s1/i2+2. The number of hydrogen-bond acceptors (Lipinski definition) is 5. The highest BCUT2D eigenvalue weighted by atomic mass is 16.6. The molecule has 3 atom stereocenters. The number of methoxy groups -OCH3 is 1. The number of aromatic amines is 1. The van der Waals surface area contributed by atoms with Crippen LogP contribution in [0, 0.1) is 6.92 Å². The van der Waals surface area contributed by atoms with E-state index in [2.05, 4.69) is 4.98 Å². The van der Waals surface area contributed by atoms with Gasteiger partial charge in [-0.2, -0.15) is 0 Å². The normalized spacial score (nSPS) is 27.6. The van der Waals surface area contributed by atoms with Crippen LogP contribution in [-0.4, -0.2) is 40.6 Å². The summed E-state index contributed by atoms with van der Waals surface area (Å²) >= 11 is 0. The van der Waals surface area contributed by atoms with Crippen molar-refractivity contribution in [2.24, 2.45) is 0 Å². The van der Waals surface area contributed by atoms with Crippen LogP contribution in [0.2, 0.25) is 0 Å². The van der Waals surface area contributed by atoms with Gasteiger partial charge in [0.05, 0.1) is 12.7 Å². The summed E-state index contributed by atoms with van der Waals surface area (Å²) in [6, 6.07) is 0. The van der Waals surface area contributed by atoms with E-state index in [9.17, 15) is 14.7 Å². The molecular weight excluding hydrogens is 242 g/mol. The predicted octanol–water partition coefficient (Wildman–Crippen LogP) is -0.860. The van der Waals surface area contributed by atoms with Gasteiger partial charge >= 0.3 is 5.69 Å². The van der Waals surface area contributed by atoms with Crippen LogP contribution in [0.4, 0.5) is 0 Å². The first-order valence-electron chi connectivity index (χ1n) is 5.67. The first kappa shape index (κ1) is 13.0. The van der Waals surface area contributed by atoms with Crippen LogP contribution in [0.1, 0.15) is 18.2 Å². The number of aliphatic hydroxyl groups excluding tert-OH is 1. The van der Waals surface area contributed by atoms with E-state index in [4.69, 9.17) is 9.47 Å². The highest BCUT2D eigenvalue weighted by Crippen LogP contribution is 2.27. The zero-order valence-corrected chi connectivity index (χ0v) is 10.3. The summed E-state index contributed by atoms with van der Waals surface area (Å²) in [4.78, 5) is 25.1. The molecule has 0 aliphatic carbocycles. The Kier molecular flexibility index (Phi) is 3.65. The summed E-state index contributed by atoms with van der Waals surface area (Å²) in [6.07, 6.45) is 0.00378. The SMILES string of the molecule is Cc1cn([C@H]2C[C@H](O)[C@@H](CO[14CH3])O2)c(=O)[nH]c1=O. The molecule has 1 aliphatic heterocycles. The Balaban J connectivity index is 2.26. The number of H-pyrrole nitrogens is 1. The Morgan fingerprint density at radius 3 is 3.06 bits per heavy atom. The predicted molar refractivity (Wildman–Crippen MR) is 62.5 cm³/mol. The number of nitrogens with one attached hydrogen (secondary N) is 1. The van der Waals surface area contributed by atoms with E-state index in [1.165, 1.54) is 17.9 Å². The lowest BCUT2D eigenvalue weighted by atomic mass is 10.2. The third-order valence-electron chi connectivity index (χ3n) is 2.99. The summed E-state index contributed by atoms with van der Waals surface area (Å²) in [5.74, 6) is 0. The number of aromatic nitrogens is 2. The van der Waals surface area contributed by atoms with Gasteiger partial charge < -0.3 is 14.6 Å². The van der Waals surface area contributed by atoms with Crippen molar-refractivity contribution in [3.63, 3.8) is 0 Å². The first-order valence-corrected chi connectivity index (χ1v) is 5.67. The maximum atomic E-state index is 11.7. The number of nitrogens with zero attached hydrogens (tertiary/aromatic N) is 1. The molecule has 2 rings (SSSR count). The lowest BCUT2D eigenvalue weighted by molar-refractivity contribution is -0.0547. The second-order valence-corrected chi connectivity index (χ2v) is 4.37. The molecule has 0 bridgehead atoms. The van der Waals surface area contributed by atoms with Crippen molar-refractivity contribution in [1.82, 2.24) is 9.55 Å². The average molecular weight is 258 g/mol. The second kappa shape index (κ2) is 5.05. The summed E-state index contributed by atoms with van der Waals surface area (Å²) in [6.45, 7) is 1.86. The topological polar surface area (TPSA) is 93.6 Å². The third-order valence-corrected chi connectivity index (χ3v) is 2.99. The Hall–Kier alpha value is -1.44. The van der Waals surface area contributed by atoms with E-state index >= 15 is 0 Å². The minimum atomic E-state index is -0.686. The zero-order chi connectivity index (χ0) is 13.3. The fourth-order valence-corrected chi connectivity index (χ4v) is 2.00. The average Bonchev–Trinajstić information content (AvgIpc) is 2.66. The van der Waals surface area contributed by atoms with Crippen molar-refractivity contribution in [3.8, 4) is 0 Å². The van der Waals surface area contributed by atoms with Crippen molar-refractivity contribution in [3.05, 3.63) is 32.6 Å². The maximum absolute atomic E-state index is 11.7. The molecule has 0 aromatic carbocycles. The molecule has 100 valence electrons. The van der Waals surface area contributed by atoms with Gasteiger partial charge in [-0.15, -0.1) is 0 Å². The van der Waals surface area contributed by atoms with E-state index in [0.717, 1.165) is 0 Å². The number of hydrogen-bond donors (Lipinski definition) is 2. The fraction of sp³-hybridized carbons (Fsp3) is 0.636. The van der Waals surface area contributed by atoms with Gasteiger partial charge in [-0.1, -0.05) is 0 Å². The van der Waals surface area contributed by atoms with E-state index in [1.807, 2.05) is 0 Å². The minimum Gasteiger partial charge on any atom is -0.390 e. The lowest BCUT2D eigenvalue weighted by Crippen LogP contribution is -2.33. The smallest absolute Gasteiger partial charge is 0.330 e. The van der Waals surface area contributed by atoms with Crippen LogP contribution < -0.4 is 11.2 Å². The molecule has 0 unspecified atom stereocenters. The molecule has 2 N–H and O–H groups in total. The van der Waals surface area contributed by atoms with Crippen molar-refractivity contribution >= 4 is 0 Å². The van der Waals surface area contributed by atoms with Crippen LogP contribution in [0.3, 0.4) is 0 Å². The van der Waals surface area contributed by atoms with E-state index in [1.54, 1.807) is 6.92 Å². The fourth-order valence-electron chi connectivity index (χ4n) is 2.00. The second-order valence-electron chi connectivity index (χ2n) is 4.37. The first-order chi connectivity index (χ1) is 8.52. The molecule has 18 heavy (non-hydrogen) atoms. The summed E-state index contributed by atoms with van der Waals surface area (Å²) in [5, 5.41) is 9.77. The number of aliphatic hydroxyl groups is 1. The highest BCUT2D eigenvalue weighted by molar-refractivity contribution is 5.02. The minimum absolute atomic E-state index is 0.259. The molecule has 0 radical (unpaired) electrons. The quantitative estimate of drug-likeness (QED) is 0.736. The monoisotopic (exact) mass is 258 g/mol. The Bertz CT molecular complexity index is 535. The van der Waals surface area contributed by atoms with Gasteiger partial charge in [0.1, 0.15) is 12.3 Å². The van der Waals surface area contributed by atoms with Crippen molar-refractivity contribution in [2.75, 3.05) is 13.7 Å². The molecule has 1 saturated heterocycles. The van der Waals surface area contributed by atoms with Crippen LogP contribution in [-0.2, 0) is 9.47 Å². The van der Waals surface area contributed by atoms with Gasteiger partial charge in [-0.3, -0.25) is 14.3 Å².